The van der Waals surface area contributed by atoms with Crippen LogP contribution in [-0.2, 0) is 22.4 Å². The third kappa shape index (κ3) is 3.45. The molecule has 3 rings (SSSR count). The molecule has 26 heavy (non-hydrogen) atoms. The zero-order valence-electron chi connectivity index (χ0n) is 15.1. The minimum atomic E-state index is -1.40. The van der Waals surface area contributed by atoms with Gasteiger partial charge in [-0.25, -0.2) is 13.6 Å². The summed E-state index contributed by atoms with van der Waals surface area (Å²) in [6, 6.07) is 0.975. The van der Waals surface area contributed by atoms with Crippen molar-refractivity contribution in [1.29, 1.82) is 0 Å². The number of hydrogen-bond donors (Lipinski definition) is 2. The normalized spacial score (nSPS) is 21.7. The highest BCUT2D eigenvalue weighted by molar-refractivity contribution is 5.69. The minimum Gasteiger partial charge on any atom is -0.444 e. The van der Waals surface area contributed by atoms with Crippen LogP contribution in [0.4, 0.5) is 13.6 Å². The van der Waals surface area contributed by atoms with Crippen LogP contribution in [0.3, 0.4) is 0 Å². The molecule has 2 unspecified atom stereocenters. The van der Waals surface area contributed by atoms with E-state index in [-0.39, 0.29) is 29.5 Å². The lowest BCUT2D eigenvalue weighted by molar-refractivity contribution is -0.110. The molecule has 0 aliphatic heterocycles. The Labute approximate surface area is 150 Å². The van der Waals surface area contributed by atoms with Crippen molar-refractivity contribution in [3.05, 3.63) is 34.4 Å². The zero-order valence-corrected chi connectivity index (χ0v) is 15.1. The number of fused-ring (bicyclic) bond motifs is 1. The van der Waals surface area contributed by atoms with E-state index < -0.39 is 40.9 Å². The number of nitrogens with one attached hydrogen (secondary N) is 1. The first kappa shape index (κ1) is 18.8. The SMILES string of the molecule is CC(C)(C)OC(=O)NC1(C(O)c2cc(F)c3c(c2F)CC(C=O)C3)CC1. The van der Waals surface area contributed by atoms with E-state index in [2.05, 4.69) is 5.32 Å². The lowest BCUT2D eigenvalue weighted by Gasteiger charge is -2.27. The lowest BCUT2D eigenvalue weighted by Crippen LogP contribution is -2.44. The van der Waals surface area contributed by atoms with E-state index in [9.17, 15) is 23.5 Å². The van der Waals surface area contributed by atoms with E-state index in [1.807, 2.05) is 0 Å². The molecule has 1 amide bonds. The van der Waals surface area contributed by atoms with Gasteiger partial charge in [-0.15, -0.1) is 0 Å². The molecule has 0 saturated heterocycles. The maximum atomic E-state index is 14.9. The van der Waals surface area contributed by atoms with Gasteiger partial charge in [0.1, 0.15) is 29.6 Å². The standard InChI is InChI=1S/C19H23F2NO4/c1-18(2,3)26-17(25)22-19(4-5-19)16(24)13-8-14(20)11-6-10(9-23)7-12(11)15(13)21/h8-10,16,24H,4-7H2,1-3H3,(H,22,25). The first-order valence-corrected chi connectivity index (χ1v) is 8.70. The Morgan fingerprint density at radius 3 is 2.50 bits per heavy atom. The Kier molecular flexibility index (Phi) is 4.55. The first-order chi connectivity index (χ1) is 12.1. The second kappa shape index (κ2) is 6.30. The highest BCUT2D eigenvalue weighted by atomic mass is 19.1. The van der Waals surface area contributed by atoms with E-state index in [1.54, 1.807) is 20.8 Å². The fourth-order valence-electron chi connectivity index (χ4n) is 3.47. The third-order valence-corrected chi connectivity index (χ3v) is 4.93. The summed E-state index contributed by atoms with van der Waals surface area (Å²) in [6.07, 6.45) is -0.261. The van der Waals surface area contributed by atoms with Gasteiger partial charge in [-0.1, -0.05) is 0 Å². The van der Waals surface area contributed by atoms with E-state index in [0.29, 0.717) is 19.1 Å². The smallest absolute Gasteiger partial charge is 0.408 e. The highest BCUT2D eigenvalue weighted by Gasteiger charge is 2.52. The van der Waals surface area contributed by atoms with Crippen LogP contribution in [0.2, 0.25) is 0 Å². The summed E-state index contributed by atoms with van der Waals surface area (Å²) in [5.41, 5.74) is -1.63. The molecule has 2 aliphatic carbocycles. The second-order valence-electron chi connectivity index (χ2n) is 8.21. The number of hydrogen-bond acceptors (Lipinski definition) is 4. The quantitative estimate of drug-likeness (QED) is 0.803. The molecule has 142 valence electrons. The number of aliphatic hydroxyl groups is 1. The van der Waals surface area contributed by atoms with Crippen LogP contribution in [0.25, 0.3) is 0 Å². The fourth-order valence-corrected chi connectivity index (χ4v) is 3.47. The number of benzene rings is 1. The van der Waals surface area contributed by atoms with Crippen molar-refractivity contribution in [3.8, 4) is 0 Å². The number of carbonyl (C=O) groups is 2. The molecule has 2 aliphatic rings. The topological polar surface area (TPSA) is 75.6 Å². The van der Waals surface area contributed by atoms with Gasteiger partial charge in [-0.05, 0) is 63.6 Å². The summed E-state index contributed by atoms with van der Waals surface area (Å²) in [4.78, 5) is 23.0. The number of alkyl carbamates (subject to hydrolysis) is 1. The van der Waals surface area contributed by atoms with Gasteiger partial charge in [-0.3, -0.25) is 0 Å². The molecular formula is C19H23F2NO4. The molecule has 1 saturated carbocycles. The third-order valence-electron chi connectivity index (χ3n) is 4.93. The second-order valence-corrected chi connectivity index (χ2v) is 8.21. The van der Waals surface area contributed by atoms with Gasteiger partial charge in [0.15, 0.2) is 0 Å². The Morgan fingerprint density at radius 2 is 1.96 bits per heavy atom. The molecule has 1 aromatic rings. The zero-order chi connectivity index (χ0) is 19.3. The largest absolute Gasteiger partial charge is 0.444 e. The van der Waals surface area contributed by atoms with Crippen molar-refractivity contribution in [3.63, 3.8) is 0 Å². The molecule has 0 radical (unpaired) electrons. The Bertz CT molecular complexity index is 753. The summed E-state index contributed by atoms with van der Waals surface area (Å²) in [7, 11) is 0. The summed E-state index contributed by atoms with van der Waals surface area (Å²) in [5.74, 6) is -1.78. The number of halogens is 2. The Morgan fingerprint density at radius 1 is 1.35 bits per heavy atom. The molecule has 1 aromatic carbocycles. The van der Waals surface area contributed by atoms with Crippen LogP contribution in [0.15, 0.2) is 6.07 Å². The van der Waals surface area contributed by atoms with Crippen molar-refractivity contribution in [1.82, 2.24) is 5.32 Å². The van der Waals surface area contributed by atoms with Gasteiger partial charge in [0.05, 0.1) is 5.54 Å². The van der Waals surface area contributed by atoms with Crippen LogP contribution < -0.4 is 5.32 Å². The van der Waals surface area contributed by atoms with E-state index in [0.717, 1.165) is 6.07 Å². The van der Waals surface area contributed by atoms with Crippen LogP contribution in [-0.4, -0.2) is 28.6 Å². The maximum absolute atomic E-state index is 14.9. The summed E-state index contributed by atoms with van der Waals surface area (Å²) >= 11 is 0. The summed E-state index contributed by atoms with van der Waals surface area (Å²) in [6.45, 7) is 5.13. The van der Waals surface area contributed by atoms with E-state index >= 15 is 0 Å². The molecule has 0 heterocycles. The monoisotopic (exact) mass is 367 g/mol. The maximum Gasteiger partial charge on any atom is 0.408 e. The lowest BCUT2D eigenvalue weighted by atomic mass is 9.95. The van der Waals surface area contributed by atoms with Gasteiger partial charge in [0.25, 0.3) is 0 Å². The van der Waals surface area contributed by atoms with Gasteiger partial charge < -0.3 is 20.0 Å². The van der Waals surface area contributed by atoms with Crippen LogP contribution in [0.5, 0.6) is 0 Å². The number of aliphatic hydroxyl groups excluding tert-OH is 1. The van der Waals surface area contributed by atoms with Crippen molar-refractivity contribution in [2.75, 3.05) is 0 Å². The van der Waals surface area contributed by atoms with Crippen molar-refractivity contribution >= 4 is 12.4 Å². The number of rotatable bonds is 4. The molecule has 7 heteroatoms. The fraction of sp³-hybridized carbons (Fsp3) is 0.579. The van der Waals surface area contributed by atoms with Gasteiger partial charge >= 0.3 is 6.09 Å². The Hall–Kier alpha value is -2.02. The molecule has 0 spiro atoms. The van der Waals surface area contributed by atoms with Crippen LogP contribution in [0, 0.1) is 17.6 Å². The van der Waals surface area contributed by atoms with Gasteiger partial charge in [0.2, 0.25) is 0 Å². The number of amides is 1. The molecule has 0 bridgehead atoms. The predicted octanol–water partition coefficient (Wildman–Crippen LogP) is 2.97. The summed E-state index contributed by atoms with van der Waals surface area (Å²) < 4.78 is 34.5. The van der Waals surface area contributed by atoms with Crippen LogP contribution >= 0.6 is 0 Å². The average molecular weight is 367 g/mol. The van der Waals surface area contributed by atoms with Gasteiger partial charge in [0, 0.05) is 11.5 Å². The Balaban J connectivity index is 1.85. The molecular weight excluding hydrogens is 344 g/mol. The van der Waals surface area contributed by atoms with E-state index in [4.69, 9.17) is 4.74 Å². The number of aldehydes is 1. The van der Waals surface area contributed by atoms with E-state index in [1.165, 1.54) is 0 Å². The highest BCUT2D eigenvalue weighted by Crippen LogP contribution is 2.48. The molecule has 1 fully saturated rings. The van der Waals surface area contributed by atoms with Crippen molar-refractivity contribution < 1.29 is 28.2 Å². The number of ether oxygens (including phenoxy) is 1. The van der Waals surface area contributed by atoms with Crippen molar-refractivity contribution in [2.45, 2.75) is 63.7 Å². The molecule has 0 aromatic heterocycles. The predicted molar refractivity (Wildman–Crippen MR) is 89.6 cm³/mol. The number of carbonyl (C=O) groups excluding carboxylic acids is 2. The first-order valence-electron chi connectivity index (χ1n) is 8.70. The van der Waals surface area contributed by atoms with Crippen molar-refractivity contribution in [2.24, 2.45) is 5.92 Å². The van der Waals surface area contributed by atoms with Crippen LogP contribution in [0.1, 0.15) is 56.4 Å². The average Bonchev–Trinajstić information content (AvgIpc) is 3.16. The molecule has 2 N–H and O–H groups in total. The van der Waals surface area contributed by atoms with Gasteiger partial charge in [-0.2, -0.15) is 0 Å². The minimum absolute atomic E-state index is 0.120. The molecule has 5 nitrogen and oxygen atoms in total. The molecule has 2 atom stereocenters. The summed E-state index contributed by atoms with van der Waals surface area (Å²) in [5, 5.41) is 13.3.